The molecule has 0 radical (unpaired) electrons. The second-order valence-electron chi connectivity index (χ2n) is 10.3. The van der Waals surface area contributed by atoms with Crippen LogP contribution in [-0.4, -0.2) is 67.5 Å². The summed E-state index contributed by atoms with van der Waals surface area (Å²) in [5.74, 6) is -0.125. The maximum atomic E-state index is 13.4. The van der Waals surface area contributed by atoms with Gasteiger partial charge < -0.3 is 19.4 Å². The van der Waals surface area contributed by atoms with Crippen molar-refractivity contribution in [3.05, 3.63) is 71.9 Å². The van der Waals surface area contributed by atoms with Crippen LogP contribution in [0.25, 0.3) is 22.2 Å². The third-order valence-corrected chi connectivity index (χ3v) is 9.25. The molecule has 6 rings (SSSR count). The molecule has 43 heavy (non-hydrogen) atoms. The number of carbonyl (C=O) groups excluding carboxylic acids is 1. The van der Waals surface area contributed by atoms with Crippen LogP contribution in [0.1, 0.15) is 24.1 Å². The van der Waals surface area contributed by atoms with Crippen LogP contribution in [-0.2, 0) is 32.3 Å². The fraction of sp³-hybridized carbons (Fsp3) is 0.345. The highest BCUT2D eigenvalue weighted by atomic mass is 32.2. The molecule has 0 saturated carbocycles. The van der Waals surface area contributed by atoms with E-state index in [2.05, 4.69) is 15.3 Å². The summed E-state index contributed by atoms with van der Waals surface area (Å²) in [4.78, 5) is 24.4. The third kappa shape index (κ3) is 6.08. The molecule has 1 atom stereocenters. The van der Waals surface area contributed by atoms with Crippen LogP contribution in [0.5, 0.6) is 0 Å². The predicted molar refractivity (Wildman–Crippen MR) is 150 cm³/mol. The van der Waals surface area contributed by atoms with Crippen molar-refractivity contribution in [3.63, 3.8) is 0 Å². The Morgan fingerprint density at radius 1 is 1.00 bits per heavy atom. The molecule has 0 aliphatic carbocycles. The summed E-state index contributed by atoms with van der Waals surface area (Å²) in [6, 6.07) is 13.7. The standard InChI is InChI=1S/C29H28F3N5O5S/c30-29(31,32)21-9-7-19(8-10-21)23-17-22(34-28(35-23)36-12-14-41-15-13-36)18-33-27(38)24-5-3-11-37(24)43(39,40)26-16-20-4-1-2-6-25(20)42-26/h1-2,4,6-10,16-17,24H,3,5,11-15,18H2,(H,33,38)/t24-/m0/s1. The molecular weight excluding hydrogens is 587 g/mol. The number of carbonyl (C=O) groups is 1. The van der Waals surface area contributed by atoms with E-state index >= 15 is 0 Å². The van der Waals surface area contributed by atoms with E-state index < -0.39 is 33.7 Å². The number of alkyl halides is 3. The summed E-state index contributed by atoms with van der Waals surface area (Å²) in [5.41, 5.74) is 0.931. The molecule has 2 fully saturated rings. The first-order chi connectivity index (χ1) is 20.6. The van der Waals surface area contributed by atoms with Crippen molar-refractivity contribution in [2.24, 2.45) is 0 Å². The molecule has 2 aliphatic rings. The number of nitrogens with zero attached hydrogens (tertiary/aromatic N) is 4. The zero-order chi connectivity index (χ0) is 30.2. The highest BCUT2D eigenvalue weighted by Gasteiger charge is 2.41. The fourth-order valence-corrected chi connectivity index (χ4v) is 6.85. The maximum absolute atomic E-state index is 13.4. The number of morpholine rings is 1. The smallest absolute Gasteiger partial charge is 0.416 e. The Morgan fingerprint density at radius 3 is 2.47 bits per heavy atom. The number of halogens is 3. The number of sulfonamides is 1. The van der Waals surface area contributed by atoms with Crippen molar-refractivity contribution in [2.75, 3.05) is 37.7 Å². The molecule has 2 aliphatic heterocycles. The Labute approximate surface area is 245 Å². The SMILES string of the molecule is O=C(NCc1cc(-c2ccc(C(F)(F)F)cc2)nc(N2CCOCC2)n1)[C@@H]1CCCN1S(=O)(=O)c1cc2ccccc2o1. The molecule has 0 spiro atoms. The summed E-state index contributed by atoms with van der Waals surface area (Å²) in [6.45, 7) is 2.12. The van der Waals surface area contributed by atoms with E-state index in [1.807, 2.05) is 4.90 Å². The second kappa shape index (κ2) is 11.6. The number of nitrogens with one attached hydrogen (secondary N) is 1. The third-order valence-electron chi connectivity index (χ3n) is 7.49. The largest absolute Gasteiger partial charge is 0.443 e. The number of anilines is 1. The lowest BCUT2D eigenvalue weighted by Crippen LogP contribution is -2.45. The summed E-state index contributed by atoms with van der Waals surface area (Å²) in [6.07, 6.45) is -3.63. The van der Waals surface area contributed by atoms with Crippen molar-refractivity contribution >= 4 is 32.8 Å². The lowest BCUT2D eigenvalue weighted by molar-refractivity contribution is -0.137. The van der Waals surface area contributed by atoms with E-state index in [1.165, 1.54) is 18.2 Å². The Kier molecular flexibility index (Phi) is 7.83. The van der Waals surface area contributed by atoms with Crippen LogP contribution in [0.4, 0.5) is 19.1 Å². The van der Waals surface area contributed by atoms with Crippen LogP contribution >= 0.6 is 0 Å². The van der Waals surface area contributed by atoms with Gasteiger partial charge in [-0.25, -0.2) is 18.4 Å². The molecule has 226 valence electrons. The van der Waals surface area contributed by atoms with Crippen LogP contribution in [0, 0.1) is 0 Å². The Hall–Kier alpha value is -4.01. The van der Waals surface area contributed by atoms with Gasteiger partial charge in [-0.05, 0) is 37.1 Å². The molecule has 4 heterocycles. The minimum Gasteiger partial charge on any atom is -0.443 e. The topological polar surface area (TPSA) is 118 Å². The van der Waals surface area contributed by atoms with Gasteiger partial charge in [-0.15, -0.1) is 0 Å². The highest BCUT2D eigenvalue weighted by molar-refractivity contribution is 7.89. The van der Waals surface area contributed by atoms with Gasteiger partial charge in [0.2, 0.25) is 16.9 Å². The van der Waals surface area contributed by atoms with Gasteiger partial charge in [0.15, 0.2) is 0 Å². The molecule has 4 aromatic rings. The lowest BCUT2D eigenvalue weighted by atomic mass is 10.1. The van der Waals surface area contributed by atoms with Crippen molar-refractivity contribution in [3.8, 4) is 11.3 Å². The minimum absolute atomic E-state index is 0.0403. The minimum atomic E-state index is -4.47. The Morgan fingerprint density at radius 2 is 1.74 bits per heavy atom. The average Bonchev–Trinajstić information content (AvgIpc) is 3.69. The van der Waals surface area contributed by atoms with E-state index in [1.54, 1.807) is 30.3 Å². The van der Waals surface area contributed by atoms with Crippen LogP contribution < -0.4 is 10.2 Å². The number of aromatic nitrogens is 2. The zero-order valence-corrected chi connectivity index (χ0v) is 23.7. The molecular formula is C29H28F3N5O5S. The molecule has 14 heteroatoms. The molecule has 1 amide bonds. The van der Waals surface area contributed by atoms with Gasteiger partial charge in [0, 0.05) is 36.7 Å². The number of rotatable bonds is 7. The van der Waals surface area contributed by atoms with Gasteiger partial charge in [0.25, 0.3) is 10.0 Å². The molecule has 0 unspecified atom stereocenters. The maximum Gasteiger partial charge on any atom is 0.416 e. The van der Waals surface area contributed by atoms with Crippen molar-refractivity contribution in [1.82, 2.24) is 19.6 Å². The van der Waals surface area contributed by atoms with Gasteiger partial charge in [0.05, 0.1) is 36.7 Å². The number of benzene rings is 2. The molecule has 0 bridgehead atoms. The van der Waals surface area contributed by atoms with Crippen LogP contribution in [0.15, 0.2) is 70.2 Å². The average molecular weight is 616 g/mol. The van der Waals surface area contributed by atoms with Gasteiger partial charge in [0.1, 0.15) is 11.6 Å². The number of hydrogen-bond donors (Lipinski definition) is 1. The number of ether oxygens (including phenoxy) is 1. The van der Waals surface area contributed by atoms with Gasteiger partial charge in [-0.2, -0.15) is 17.5 Å². The second-order valence-corrected chi connectivity index (χ2v) is 12.1. The van der Waals surface area contributed by atoms with E-state index in [9.17, 15) is 26.4 Å². The summed E-state index contributed by atoms with van der Waals surface area (Å²) in [7, 11) is -4.07. The molecule has 1 N–H and O–H groups in total. The monoisotopic (exact) mass is 615 g/mol. The van der Waals surface area contributed by atoms with E-state index in [0.29, 0.717) is 73.0 Å². The number of hydrogen-bond acceptors (Lipinski definition) is 8. The van der Waals surface area contributed by atoms with E-state index in [4.69, 9.17) is 9.15 Å². The molecule has 2 aromatic carbocycles. The van der Waals surface area contributed by atoms with Crippen LogP contribution in [0.3, 0.4) is 0 Å². The Balaban J connectivity index is 1.22. The summed E-state index contributed by atoms with van der Waals surface area (Å²) < 4.78 is 78.4. The van der Waals surface area contributed by atoms with Gasteiger partial charge in [-0.1, -0.05) is 30.3 Å². The normalized spacial score (nSPS) is 18.3. The molecule has 2 aromatic heterocycles. The quantitative estimate of drug-likeness (QED) is 0.329. The van der Waals surface area contributed by atoms with Crippen molar-refractivity contribution in [2.45, 2.75) is 36.7 Å². The van der Waals surface area contributed by atoms with Crippen LogP contribution in [0.2, 0.25) is 0 Å². The van der Waals surface area contributed by atoms with Gasteiger partial charge in [-0.3, -0.25) is 4.79 Å². The van der Waals surface area contributed by atoms with E-state index in [0.717, 1.165) is 16.4 Å². The number of fused-ring (bicyclic) bond motifs is 1. The number of furan rings is 1. The Bertz CT molecular complexity index is 1700. The fourth-order valence-electron chi connectivity index (χ4n) is 5.24. The highest BCUT2D eigenvalue weighted by Crippen LogP contribution is 2.32. The molecule has 10 nitrogen and oxygen atoms in total. The first kappa shape index (κ1) is 29.1. The molecule has 2 saturated heterocycles. The number of para-hydroxylation sites is 1. The lowest BCUT2D eigenvalue weighted by Gasteiger charge is -2.27. The zero-order valence-electron chi connectivity index (χ0n) is 22.9. The van der Waals surface area contributed by atoms with Crippen molar-refractivity contribution in [1.29, 1.82) is 0 Å². The van der Waals surface area contributed by atoms with E-state index in [-0.39, 0.29) is 18.2 Å². The summed E-state index contributed by atoms with van der Waals surface area (Å²) in [5, 5.41) is 3.22. The van der Waals surface area contributed by atoms with Crippen molar-refractivity contribution < 1.29 is 35.5 Å². The summed E-state index contributed by atoms with van der Waals surface area (Å²) >= 11 is 0. The number of amides is 1. The first-order valence-electron chi connectivity index (χ1n) is 13.8. The predicted octanol–water partition coefficient (Wildman–Crippen LogP) is 4.21. The first-order valence-corrected chi connectivity index (χ1v) is 15.2. The van der Waals surface area contributed by atoms with Gasteiger partial charge >= 0.3 is 6.18 Å².